The number of hydrogen-bond acceptors (Lipinski definition) is 2. The van der Waals surface area contributed by atoms with Crippen LogP contribution in [0.2, 0.25) is 0 Å². The fourth-order valence-corrected chi connectivity index (χ4v) is 2.03. The second-order valence-corrected chi connectivity index (χ2v) is 5.38. The molecule has 0 N–H and O–H groups in total. The Morgan fingerprint density at radius 1 is 1.25 bits per heavy atom. The number of rotatable bonds is 8. The first-order valence-electron chi connectivity index (χ1n) is 6.68. The number of esters is 1. The van der Waals surface area contributed by atoms with Crippen molar-refractivity contribution in [1.29, 1.82) is 0 Å². The molecule has 0 atom stereocenters. The maximum absolute atomic E-state index is 10.9. The van der Waals surface area contributed by atoms with Crippen molar-refractivity contribution >= 4 is 5.97 Å². The van der Waals surface area contributed by atoms with Gasteiger partial charge in [0.05, 0.1) is 27.2 Å². The molecule has 0 unspecified atom stereocenters. The minimum Gasteiger partial charge on any atom is -1.00 e. The molecule has 0 radical (unpaired) electrons. The van der Waals surface area contributed by atoms with Crippen LogP contribution in [0, 0.1) is 0 Å². The van der Waals surface area contributed by atoms with Crippen LogP contribution in [-0.2, 0) is 16.1 Å². The lowest BCUT2D eigenvalue weighted by Crippen LogP contribution is -3.00. The van der Waals surface area contributed by atoms with Gasteiger partial charge in [-0.2, -0.15) is 0 Å². The first-order valence-corrected chi connectivity index (χ1v) is 6.68. The van der Waals surface area contributed by atoms with Gasteiger partial charge in [-0.3, -0.25) is 0 Å². The van der Waals surface area contributed by atoms with E-state index >= 15 is 0 Å². The highest BCUT2D eigenvalue weighted by Crippen LogP contribution is 2.10. The number of halogens is 1. The molecule has 1 aromatic rings. The van der Waals surface area contributed by atoms with Crippen LogP contribution in [0.5, 0.6) is 0 Å². The van der Waals surface area contributed by atoms with E-state index in [2.05, 4.69) is 44.9 Å². The number of carbonyl (C=O) groups is 1. The van der Waals surface area contributed by atoms with Crippen molar-refractivity contribution in [3.8, 4) is 0 Å². The Hall–Kier alpha value is -1.68. The lowest BCUT2D eigenvalue weighted by atomic mass is 10.2. The van der Waals surface area contributed by atoms with Crippen LogP contribution >= 0.6 is 0 Å². The van der Waals surface area contributed by atoms with Crippen LogP contribution in [0.25, 0.3) is 0 Å². The van der Waals surface area contributed by atoms with Gasteiger partial charge >= 0.3 is 5.97 Å². The fourth-order valence-electron chi connectivity index (χ4n) is 2.03. The molecule has 0 aliphatic rings. The van der Waals surface area contributed by atoms with Crippen LogP contribution in [0.3, 0.4) is 0 Å². The molecule has 20 heavy (non-hydrogen) atoms. The van der Waals surface area contributed by atoms with Crippen LogP contribution in [0.1, 0.15) is 18.4 Å². The average Bonchev–Trinajstić information content (AvgIpc) is 2.38. The molecule has 0 amide bonds. The third-order valence-corrected chi connectivity index (χ3v) is 3.02. The lowest BCUT2D eigenvalue weighted by Gasteiger charge is -2.30. The molecule has 112 valence electrons. The number of nitrogens with zero attached hydrogens (tertiary/aromatic N) is 1. The summed E-state index contributed by atoms with van der Waals surface area (Å²) in [6.07, 6.45) is 3.15. The fraction of sp³-hybridized carbons (Fsp3) is 0.438. The number of quaternary nitrogens is 1. The van der Waals surface area contributed by atoms with Crippen LogP contribution in [-0.4, -0.2) is 37.7 Å². The van der Waals surface area contributed by atoms with E-state index in [1.807, 2.05) is 6.07 Å². The molecule has 1 aromatic carbocycles. The molecular formula is C16H24FNO2. The van der Waals surface area contributed by atoms with Crippen molar-refractivity contribution < 1.29 is 18.7 Å². The Bertz CT molecular complexity index is 404. The molecule has 3 nitrogen and oxygen atoms in total. The van der Waals surface area contributed by atoms with Gasteiger partial charge in [-0.1, -0.05) is 36.9 Å². The number of ether oxygens (including phenoxy) is 1. The predicted octanol–water partition coefficient (Wildman–Crippen LogP) is -0.224. The number of carbonyl (C=O) groups excluding carboxylic acids is 1. The van der Waals surface area contributed by atoms with E-state index < -0.39 is 0 Å². The average molecular weight is 281 g/mol. The van der Waals surface area contributed by atoms with Gasteiger partial charge in [-0.15, -0.1) is 0 Å². The van der Waals surface area contributed by atoms with Crippen molar-refractivity contribution in [3.05, 3.63) is 48.6 Å². The predicted molar refractivity (Wildman–Crippen MR) is 77.5 cm³/mol. The Morgan fingerprint density at radius 2 is 1.90 bits per heavy atom. The summed E-state index contributed by atoms with van der Waals surface area (Å²) in [4.78, 5) is 10.9. The Balaban J connectivity index is 0.00000361. The van der Waals surface area contributed by atoms with Gasteiger partial charge < -0.3 is 13.9 Å². The zero-order chi connectivity index (χ0) is 14.1. The van der Waals surface area contributed by atoms with Gasteiger partial charge in [0.2, 0.25) is 0 Å². The topological polar surface area (TPSA) is 26.3 Å². The van der Waals surface area contributed by atoms with E-state index in [9.17, 15) is 4.79 Å². The zero-order valence-corrected chi connectivity index (χ0v) is 12.3. The summed E-state index contributed by atoms with van der Waals surface area (Å²) in [5.41, 5.74) is 1.35. The second-order valence-electron chi connectivity index (χ2n) is 5.38. The summed E-state index contributed by atoms with van der Waals surface area (Å²) in [7, 11) is 4.45. The zero-order valence-electron chi connectivity index (χ0n) is 12.3. The molecule has 1 rings (SSSR count). The molecule has 0 fully saturated rings. The van der Waals surface area contributed by atoms with Gasteiger partial charge in [0.25, 0.3) is 0 Å². The quantitative estimate of drug-likeness (QED) is 0.285. The minimum absolute atomic E-state index is 0. The molecule has 0 bridgehead atoms. The van der Waals surface area contributed by atoms with Crippen molar-refractivity contribution in [2.45, 2.75) is 19.4 Å². The normalized spacial score (nSPS) is 10.5. The number of unbranched alkanes of at least 4 members (excludes halogenated alkanes) is 1. The van der Waals surface area contributed by atoms with Crippen molar-refractivity contribution in [2.24, 2.45) is 0 Å². The highest BCUT2D eigenvalue weighted by atomic mass is 19.0. The first-order chi connectivity index (χ1) is 9.03. The molecule has 0 aliphatic heterocycles. The maximum atomic E-state index is 10.9. The third-order valence-electron chi connectivity index (χ3n) is 3.02. The molecule has 0 heterocycles. The Morgan fingerprint density at radius 3 is 2.50 bits per heavy atom. The first kappa shape index (κ1) is 18.3. The molecule has 0 saturated heterocycles. The third kappa shape index (κ3) is 7.69. The number of hydrogen-bond donors (Lipinski definition) is 0. The van der Waals surface area contributed by atoms with E-state index in [4.69, 9.17) is 4.74 Å². The molecule has 4 heteroatoms. The van der Waals surface area contributed by atoms with E-state index in [-0.39, 0.29) is 10.7 Å². The Kier molecular flexibility index (Phi) is 8.48. The highest BCUT2D eigenvalue weighted by Gasteiger charge is 2.15. The molecule has 0 aromatic heterocycles. The van der Waals surface area contributed by atoms with E-state index in [1.54, 1.807) is 0 Å². The van der Waals surface area contributed by atoms with Crippen LogP contribution < -0.4 is 4.70 Å². The van der Waals surface area contributed by atoms with Crippen molar-refractivity contribution in [2.75, 3.05) is 27.2 Å². The van der Waals surface area contributed by atoms with Gasteiger partial charge in [0, 0.05) is 11.6 Å². The van der Waals surface area contributed by atoms with Crippen LogP contribution in [0.4, 0.5) is 0 Å². The summed E-state index contributed by atoms with van der Waals surface area (Å²) in [6.45, 7) is 5.94. The summed E-state index contributed by atoms with van der Waals surface area (Å²) in [5, 5.41) is 0. The van der Waals surface area contributed by atoms with Crippen molar-refractivity contribution in [1.82, 2.24) is 0 Å². The second kappa shape index (κ2) is 9.26. The number of benzene rings is 1. The summed E-state index contributed by atoms with van der Waals surface area (Å²) in [5.74, 6) is -0.335. The van der Waals surface area contributed by atoms with E-state index in [0.717, 1.165) is 30.4 Å². The van der Waals surface area contributed by atoms with Gasteiger partial charge in [0.1, 0.15) is 6.54 Å². The van der Waals surface area contributed by atoms with E-state index in [1.165, 1.54) is 11.6 Å². The smallest absolute Gasteiger partial charge is 0.330 e. The molecular weight excluding hydrogens is 257 g/mol. The van der Waals surface area contributed by atoms with Gasteiger partial charge in [0.15, 0.2) is 0 Å². The lowest BCUT2D eigenvalue weighted by molar-refractivity contribution is -0.903. The highest BCUT2D eigenvalue weighted by molar-refractivity contribution is 5.81. The minimum atomic E-state index is -0.335. The SMILES string of the molecule is C=CC(=O)OCCCC[N+](C)(C)Cc1ccccc1.[F-]. The van der Waals surface area contributed by atoms with Gasteiger partial charge in [-0.05, 0) is 12.8 Å². The van der Waals surface area contributed by atoms with Crippen molar-refractivity contribution in [3.63, 3.8) is 0 Å². The van der Waals surface area contributed by atoms with Gasteiger partial charge in [-0.25, -0.2) is 4.79 Å². The maximum Gasteiger partial charge on any atom is 0.330 e. The monoisotopic (exact) mass is 281 g/mol. The Labute approximate surface area is 120 Å². The standard InChI is InChI=1S/C16H24NO2.FH/c1-4-16(18)19-13-9-8-12-17(2,3)14-15-10-6-5-7-11-15;/h4-7,10-11H,1,8-9,12-14H2,2-3H3;1H/q+1;/p-1. The molecule has 0 spiro atoms. The molecule has 0 saturated carbocycles. The molecule has 0 aliphatic carbocycles. The van der Waals surface area contributed by atoms with Crippen LogP contribution in [0.15, 0.2) is 43.0 Å². The van der Waals surface area contributed by atoms with E-state index in [0.29, 0.717) is 6.61 Å². The largest absolute Gasteiger partial charge is 1.00 e. The summed E-state index contributed by atoms with van der Waals surface area (Å²) < 4.78 is 5.90. The summed E-state index contributed by atoms with van der Waals surface area (Å²) >= 11 is 0. The summed E-state index contributed by atoms with van der Waals surface area (Å²) in [6, 6.07) is 10.5.